The molecule has 3 nitrogen and oxygen atoms in total. The summed E-state index contributed by atoms with van der Waals surface area (Å²) in [6.07, 6.45) is 12.6. The van der Waals surface area contributed by atoms with E-state index in [-0.39, 0.29) is 11.8 Å². The van der Waals surface area contributed by atoms with Crippen LogP contribution in [0, 0.1) is 17.8 Å². The zero-order valence-electron chi connectivity index (χ0n) is 13.1. The second-order valence-corrected chi connectivity index (χ2v) is 6.94. The highest BCUT2D eigenvalue weighted by atomic mass is 16.2. The van der Waals surface area contributed by atoms with Crippen molar-refractivity contribution in [3.05, 3.63) is 0 Å². The molecular formula is C17H32N2O. The van der Waals surface area contributed by atoms with Crippen molar-refractivity contribution in [3.63, 3.8) is 0 Å². The van der Waals surface area contributed by atoms with E-state index in [1.165, 1.54) is 51.4 Å². The third-order valence-corrected chi connectivity index (χ3v) is 5.53. The molecule has 3 atom stereocenters. The Bertz CT molecular complexity index is 297. The van der Waals surface area contributed by atoms with Crippen LogP contribution >= 0.6 is 0 Å². The summed E-state index contributed by atoms with van der Waals surface area (Å²) in [5, 5.41) is 3.32. The molecule has 2 saturated carbocycles. The monoisotopic (exact) mass is 280 g/mol. The number of nitrogens with one attached hydrogen (secondary N) is 1. The van der Waals surface area contributed by atoms with Crippen LogP contribution in [0.2, 0.25) is 0 Å². The molecule has 3 heteroatoms. The molecule has 1 amide bonds. The quantitative estimate of drug-likeness (QED) is 0.777. The molecule has 0 aromatic heterocycles. The van der Waals surface area contributed by atoms with Gasteiger partial charge in [0.1, 0.15) is 0 Å². The van der Waals surface area contributed by atoms with Gasteiger partial charge in [0.15, 0.2) is 0 Å². The Kier molecular flexibility index (Phi) is 6.34. The number of nitrogens with two attached hydrogens (primary N) is 1. The van der Waals surface area contributed by atoms with Crippen LogP contribution in [0.5, 0.6) is 0 Å². The Morgan fingerprint density at radius 3 is 2.30 bits per heavy atom. The molecule has 2 fully saturated rings. The summed E-state index contributed by atoms with van der Waals surface area (Å²) in [5.41, 5.74) is 5.85. The Morgan fingerprint density at radius 2 is 1.65 bits per heavy atom. The molecule has 2 aliphatic rings. The number of hydrogen-bond acceptors (Lipinski definition) is 2. The van der Waals surface area contributed by atoms with Gasteiger partial charge in [-0.3, -0.25) is 4.79 Å². The van der Waals surface area contributed by atoms with Gasteiger partial charge in [-0.05, 0) is 51.0 Å². The summed E-state index contributed by atoms with van der Waals surface area (Å²) < 4.78 is 0. The van der Waals surface area contributed by atoms with E-state index in [0.29, 0.717) is 24.4 Å². The molecule has 0 bridgehead atoms. The summed E-state index contributed by atoms with van der Waals surface area (Å²) in [6, 6.07) is 0.334. The second kappa shape index (κ2) is 8.02. The predicted octanol–water partition coefficient (Wildman–Crippen LogP) is 3.23. The van der Waals surface area contributed by atoms with Crippen LogP contribution < -0.4 is 11.1 Å². The van der Waals surface area contributed by atoms with E-state index in [0.717, 1.165) is 12.8 Å². The average molecular weight is 280 g/mol. The van der Waals surface area contributed by atoms with E-state index in [1.807, 2.05) is 0 Å². The Hall–Kier alpha value is -0.570. The first kappa shape index (κ1) is 15.8. The fourth-order valence-corrected chi connectivity index (χ4v) is 4.10. The summed E-state index contributed by atoms with van der Waals surface area (Å²) in [6.45, 7) is 2.87. The molecule has 0 saturated heterocycles. The lowest BCUT2D eigenvalue weighted by Crippen LogP contribution is -2.45. The summed E-state index contributed by atoms with van der Waals surface area (Å²) in [4.78, 5) is 12.5. The minimum atomic E-state index is 0.168. The molecular weight excluding hydrogens is 248 g/mol. The van der Waals surface area contributed by atoms with Gasteiger partial charge in [-0.15, -0.1) is 0 Å². The highest BCUT2D eigenvalue weighted by Crippen LogP contribution is 2.30. The standard InChI is InChI=1S/C17H32N2O/c1-13(14-8-4-2-3-5-9-14)19-17(20)16-11-7-6-10-15(16)12-18/h13-16H,2-12,18H2,1H3,(H,19,20)/t13-,15?,16?/m1/s1. The van der Waals surface area contributed by atoms with Crippen molar-refractivity contribution < 1.29 is 4.79 Å². The van der Waals surface area contributed by atoms with Gasteiger partial charge in [0.05, 0.1) is 0 Å². The first-order valence-corrected chi connectivity index (χ1v) is 8.72. The van der Waals surface area contributed by atoms with Crippen molar-refractivity contribution in [1.29, 1.82) is 0 Å². The fourth-order valence-electron chi connectivity index (χ4n) is 4.10. The Labute approximate surface area is 124 Å². The number of carbonyl (C=O) groups excluding carboxylic acids is 1. The third kappa shape index (κ3) is 4.21. The van der Waals surface area contributed by atoms with Crippen molar-refractivity contribution >= 4 is 5.91 Å². The molecule has 0 heterocycles. The first-order valence-electron chi connectivity index (χ1n) is 8.72. The van der Waals surface area contributed by atoms with E-state index in [4.69, 9.17) is 5.73 Å². The topological polar surface area (TPSA) is 55.1 Å². The number of carbonyl (C=O) groups is 1. The van der Waals surface area contributed by atoms with Gasteiger partial charge in [-0.25, -0.2) is 0 Å². The van der Waals surface area contributed by atoms with Crippen LogP contribution in [-0.4, -0.2) is 18.5 Å². The minimum absolute atomic E-state index is 0.168. The highest BCUT2D eigenvalue weighted by molar-refractivity contribution is 5.79. The molecule has 2 aliphatic carbocycles. The number of hydrogen-bond donors (Lipinski definition) is 2. The molecule has 0 aliphatic heterocycles. The van der Waals surface area contributed by atoms with Crippen LogP contribution in [0.25, 0.3) is 0 Å². The molecule has 3 N–H and O–H groups in total. The lowest BCUT2D eigenvalue weighted by molar-refractivity contribution is -0.128. The maximum Gasteiger partial charge on any atom is 0.223 e. The van der Waals surface area contributed by atoms with Crippen LogP contribution in [0.15, 0.2) is 0 Å². The second-order valence-electron chi connectivity index (χ2n) is 6.94. The van der Waals surface area contributed by atoms with Crippen LogP contribution in [0.3, 0.4) is 0 Å². The van der Waals surface area contributed by atoms with Gasteiger partial charge in [-0.1, -0.05) is 38.5 Å². The SMILES string of the molecule is C[C@@H](NC(=O)C1CCCCC1CN)C1CCCCCC1. The molecule has 0 aromatic rings. The largest absolute Gasteiger partial charge is 0.353 e. The third-order valence-electron chi connectivity index (χ3n) is 5.53. The van der Waals surface area contributed by atoms with Crippen molar-refractivity contribution in [1.82, 2.24) is 5.32 Å². The lowest BCUT2D eigenvalue weighted by Gasteiger charge is -2.32. The Morgan fingerprint density at radius 1 is 1.05 bits per heavy atom. The van der Waals surface area contributed by atoms with Gasteiger partial charge >= 0.3 is 0 Å². The zero-order chi connectivity index (χ0) is 14.4. The van der Waals surface area contributed by atoms with E-state index in [2.05, 4.69) is 12.2 Å². The molecule has 20 heavy (non-hydrogen) atoms. The van der Waals surface area contributed by atoms with E-state index in [1.54, 1.807) is 0 Å². The summed E-state index contributed by atoms with van der Waals surface area (Å²) >= 11 is 0. The van der Waals surface area contributed by atoms with Gasteiger partial charge in [0.25, 0.3) is 0 Å². The van der Waals surface area contributed by atoms with Gasteiger partial charge in [0.2, 0.25) is 5.91 Å². The molecule has 116 valence electrons. The first-order chi connectivity index (χ1) is 9.72. The van der Waals surface area contributed by atoms with Crippen LogP contribution in [0.1, 0.15) is 71.1 Å². The molecule has 0 aromatic carbocycles. The maximum absolute atomic E-state index is 12.5. The fraction of sp³-hybridized carbons (Fsp3) is 0.941. The van der Waals surface area contributed by atoms with Crippen LogP contribution in [0.4, 0.5) is 0 Å². The van der Waals surface area contributed by atoms with Crippen LogP contribution in [-0.2, 0) is 4.79 Å². The molecule has 0 spiro atoms. The Balaban J connectivity index is 1.85. The van der Waals surface area contributed by atoms with E-state index < -0.39 is 0 Å². The van der Waals surface area contributed by atoms with Gasteiger partial charge < -0.3 is 11.1 Å². The van der Waals surface area contributed by atoms with Crippen molar-refractivity contribution in [3.8, 4) is 0 Å². The summed E-state index contributed by atoms with van der Waals surface area (Å²) in [5.74, 6) is 1.53. The average Bonchev–Trinajstić information content (AvgIpc) is 2.76. The van der Waals surface area contributed by atoms with Gasteiger partial charge in [0, 0.05) is 12.0 Å². The smallest absolute Gasteiger partial charge is 0.223 e. The number of amides is 1. The molecule has 2 unspecified atom stereocenters. The zero-order valence-corrected chi connectivity index (χ0v) is 13.1. The van der Waals surface area contributed by atoms with Crippen molar-refractivity contribution in [2.45, 2.75) is 77.2 Å². The van der Waals surface area contributed by atoms with E-state index in [9.17, 15) is 4.79 Å². The summed E-state index contributed by atoms with van der Waals surface area (Å²) in [7, 11) is 0. The van der Waals surface area contributed by atoms with Crippen molar-refractivity contribution in [2.75, 3.05) is 6.54 Å². The normalized spacial score (nSPS) is 30.5. The molecule has 0 radical (unpaired) electrons. The highest BCUT2D eigenvalue weighted by Gasteiger charge is 2.31. The van der Waals surface area contributed by atoms with Gasteiger partial charge in [-0.2, -0.15) is 0 Å². The molecule has 2 rings (SSSR count). The maximum atomic E-state index is 12.5. The van der Waals surface area contributed by atoms with E-state index >= 15 is 0 Å². The minimum Gasteiger partial charge on any atom is -0.353 e. The lowest BCUT2D eigenvalue weighted by atomic mass is 9.78. The predicted molar refractivity (Wildman–Crippen MR) is 83.3 cm³/mol. The van der Waals surface area contributed by atoms with Crippen molar-refractivity contribution in [2.24, 2.45) is 23.5 Å². The number of rotatable bonds is 4.